The minimum atomic E-state index is 0.322. The summed E-state index contributed by atoms with van der Waals surface area (Å²) < 4.78 is 12.1. The molecule has 3 aliphatic rings. The Morgan fingerprint density at radius 2 is 2.20 bits per heavy atom. The molecular weight excluding hydrogens is 314 g/mol. The van der Waals surface area contributed by atoms with Crippen LogP contribution < -0.4 is 20.5 Å². The van der Waals surface area contributed by atoms with Gasteiger partial charge in [0, 0.05) is 12.5 Å². The van der Waals surface area contributed by atoms with Crippen molar-refractivity contribution >= 4 is 5.96 Å². The molecule has 2 bridgehead atoms. The number of methoxy groups -OCH3 is 1. The smallest absolute Gasteiger partial charge is 0.188 e. The summed E-state index contributed by atoms with van der Waals surface area (Å²) in [5.41, 5.74) is 7.47. The van der Waals surface area contributed by atoms with Crippen LogP contribution in [0.5, 0.6) is 11.5 Å². The van der Waals surface area contributed by atoms with Crippen molar-refractivity contribution in [2.45, 2.75) is 51.0 Å². The molecule has 4 rings (SSSR count). The molecule has 0 spiro atoms. The van der Waals surface area contributed by atoms with E-state index in [1.165, 1.54) is 37.7 Å². The first-order valence-electron chi connectivity index (χ1n) is 9.51. The van der Waals surface area contributed by atoms with Crippen molar-refractivity contribution in [1.82, 2.24) is 5.32 Å². The van der Waals surface area contributed by atoms with Crippen molar-refractivity contribution < 1.29 is 9.47 Å². The van der Waals surface area contributed by atoms with E-state index in [1.807, 2.05) is 6.07 Å². The molecule has 1 unspecified atom stereocenters. The molecule has 0 radical (unpaired) electrons. The molecule has 1 aliphatic heterocycles. The van der Waals surface area contributed by atoms with Gasteiger partial charge in [-0.25, -0.2) is 0 Å². The van der Waals surface area contributed by atoms with Gasteiger partial charge in [-0.15, -0.1) is 0 Å². The Bertz CT molecular complexity index is 675. The zero-order valence-electron chi connectivity index (χ0n) is 15.3. The first kappa shape index (κ1) is 16.6. The van der Waals surface area contributed by atoms with Crippen molar-refractivity contribution in [3.8, 4) is 11.5 Å². The number of fused-ring (bicyclic) bond motifs is 2. The number of nitrogens with one attached hydrogen (secondary N) is 1. The molecule has 1 heterocycles. The van der Waals surface area contributed by atoms with E-state index in [2.05, 4.69) is 29.4 Å². The highest BCUT2D eigenvalue weighted by atomic mass is 16.5. The second-order valence-electron chi connectivity index (χ2n) is 7.93. The maximum Gasteiger partial charge on any atom is 0.188 e. The van der Waals surface area contributed by atoms with Crippen LogP contribution in [0.2, 0.25) is 0 Å². The number of nitrogens with two attached hydrogens (primary N) is 1. The lowest BCUT2D eigenvalue weighted by atomic mass is 9.81. The molecule has 0 amide bonds. The molecule has 0 saturated heterocycles. The van der Waals surface area contributed by atoms with Gasteiger partial charge in [-0.2, -0.15) is 0 Å². The molecule has 3 N–H and O–H groups in total. The third-order valence-corrected chi connectivity index (χ3v) is 6.60. The minimum absolute atomic E-state index is 0.322. The van der Waals surface area contributed by atoms with Crippen LogP contribution in [-0.2, 0) is 0 Å². The summed E-state index contributed by atoms with van der Waals surface area (Å²) in [7, 11) is 1.71. The zero-order chi connectivity index (χ0) is 17.4. The Morgan fingerprint density at radius 3 is 2.88 bits per heavy atom. The van der Waals surface area contributed by atoms with Crippen LogP contribution in [0.4, 0.5) is 0 Å². The van der Waals surface area contributed by atoms with Crippen molar-refractivity contribution in [3.63, 3.8) is 0 Å². The van der Waals surface area contributed by atoms with Crippen LogP contribution in [0.1, 0.15) is 50.5 Å². The van der Waals surface area contributed by atoms with Gasteiger partial charge in [0.2, 0.25) is 0 Å². The predicted molar refractivity (Wildman–Crippen MR) is 99.3 cm³/mol. The second-order valence-corrected chi connectivity index (χ2v) is 7.93. The van der Waals surface area contributed by atoms with Gasteiger partial charge in [-0.1, -0.05) is 19.4 Å². The van der Waals surface area contributed by atoms with Gasteiger partial charge in [0.1, 0.15) is 6.10 Å². The summed E-state index contributed by atoms with van der Waals surface area (Å²) >= 11 is 0. The van der Waals surface area contributed by atoms with Gasteiger partial charge in [-0.05, 0) is 54.7 Å². The zero-order valence-corrected chi connectivity index (χ0v) is 15.3. The van der Waals surface area contributed by atoms with E-state index in [0.29, 0.717) is 29.3 Å². The third kappa shape index (κ3) is 3.05. The highest BCUT2D eigenvalue weighted by Gasteiger charge is 2.50. The van der Waals surface area contributed by atoms with Gasteiger partial charge in [0.15, 0.2) is 17.5 Å². The number of benzene rings is 1. The van der Waals surface area contributed by atoms with Crippen LogP contribution >= 0.6 is 0 Å². The van der Waals surface area contributed by atoms with Crippen molar-refractivity contribution in [3.05, 3.63) is 23.8 Å². The van der Waals surface area contributed by atoms with E-state index in [0.717, 1.165) is 24.6 Å². The van der Waals surface area contributed by atoms with Gasteiger partial charge in [0.25, 0.3) is 0 Å². The molecule has 5 heteroatoms. The number of nitrogens with zero attached hydrogens (tertiary/aromatic N) is 1. The summed E-state index contributed by atoms with van der Waals surface area (Å²) in [5.74, 6) is 3.26. The lowest BCUT2D eigenvalue weighted by Gasteiger charge is -2.30. The number of rotatable bonds is 5. The minimum Gasteiger partial charge on any atom is -0.493 e. The topological polar surface area (TPSA) is 68.9 Å². The predicted octanol–water partition coefficient (Wildman–Crippen LogP) is 3.04. The molecule has 1 aromatic rings. The van der Waals surface area contributed by atoms with Crippen LogP contribution in [0.3, 0.4) is 0 Å². The first-order valence-corrected chi connectivity index (χ1v) is 9.51. The van der Waals surface area contributed by atoms with Gasteiger partial charge in [0.05, 0.1) is 13.7 Å². The molecular formula is C20H29N3O2. The van der Waals surface area contributed by atoms with Gasteiger partial charge < -0.3 is 20.5 Å². The molecule has 136 valence electrons. The Morgan fingerprint density at radius 1 is 1.32 bits per heavy atom. The van der Waals surface area contributed by atoms with Gasteiger partial charge in [-0.3, -0.25) is 4.99 Å². The van der Waals surface area contributed by atoms with Crippen LogP contribution in [-0.4, -0.2) is 32.3 Å². The number of hydrogen-bond donors (Lipinski definition) is 2. The summed E-state index contributed by atoms with van der Waals surface area (Å²) in [4.78, 5) is 4.33. The highest BCUT2D eigenvalue weighted by molar-refractivity contribution is 5.78. The normalized spacial score (nSPS) is 33.7. The fourth-order valence-corrected chi connectivity index (χ4v) is 4.93. The maximum atomic E-state index is 6.50. The molecule has 25 heavy (non-hydrogen) atoms. The molecule has 0 aromatic heterocycles. The Hall–Kier alpha value is -1.91. The van der Waals surface area contributed by atoms with E-state index in [1.54, 1.807) is 7.11 Å². The Kier molecular flexibility index (Phi) is 4.26. The second kappa shape index (κ2) is 6.43. The van der Waals surface area contributed by atoms with Crippen molar-refractivity contribution in [2.75, 3.05) is 20.2 Å². The van der Waals surface area contributed by atoms with E-state index >= 15 is 0 Å². The quantitative estimate of drug-likeness (QED) is 0.862. The van der Waals surface area contributed by atoms with E-state index in [-0.39, 0.29) is 0 Å². The third-order valence-electron chi connectivity index (χ3n) is 6.60. The molecule has 2 saturated carbocycles. The number of aliphatic imine (C=N–C) groups is 1. The van der Waals surface area contributed by atoms with E-state index < -0.39 is 0 Å². The van der Waals surface area contributed by atoms with E-state index in [9.17, 15) is 0 Å². The lowest BCUT2D eigenvalue weighted by molar-refractivity contribution is 0.112. The largest absolute Gasteiger partial charge is 0.493 e. The molecule has 2 fully saturated rings. The average molecular weight is 343 g/mol. The summed E-state index contributed by atoms with van der Waals surface area (Å²) in [5, 5.41) is 3.14. The average Bonchev–Trinajstić information content (AvgIpc) is 3.21. The van der Waals surface area contributed by atoms with Crippen molar-refractivity contribution in [1.29, 1.82) is 0 Å². The fourth-order valence-electron chi connectivity index (χ4n) is 4.93. The highest BCUT2D eigenvalue weighted by Crippen LogP contribution is 2.57. The number of hydrogen-bond acceptors (Lipinski definition) is 5. The Balaban J connectivity index is 1.53. The summed E-state index contributed by atoms with van der Waals surface area (Å²) in [6, 6.07) is 6.28. The molecule has 4 atom stereocenters. The first-order chi connectivity index (χ1) is 12.1. The van der Waals surface area contributed by atoms with Crippen LogP contribution in [0.25, 0.3) is 0 Å². The number of guanidine groups is 1. The summed E-state index contributed by atoms with van der Waals surface area (Å²) in [6.07, 6.45) is 6.80. The standard InChI is InChI=1S/C20H29N3O2/c1-3-20-7-6-14(9-20)18(10-20)25-17-8-13(4-5-16(17)24-2)15-11-22-19(21)23-12-15/h4-5,8,14-15,18H,3,6-7,9-12H2,1-2H3,(H3,21,22,23)/t14-,18-,20+/m0/s1. The maximum absolute atomic E-state index is 6.50. The van der Waals surface area contributed by atoms with Crippen molar-refractivity contribution in [2.24, 2.45) is 22.1 Å². The van der Waals surface area contributed by atoms with Gasteiger partial charge >= 0.3 is 0 Å². The lowest BCUT2D eigenvalue weighted by Crippen LogP contribution is -2.39. The summed E-state index contributed by atoms with van der Waals surface area (Å²) in [6.45, 7) is 3.86. The SMILES string of the molecule is CC[C@@]12CC[C@@H](C1)[C@@H](Oc1cc(C3CN=C(N)NC3)ccc1OC)C2. The number of ether oxygens (including phenoxy) is 2. The monoisotopic (exact) mass is 343 g/mol. The van der Waals surface area contributed by atoms with Crippen LogP contribution in [0.15, 0.2) is 23.2 Å². The van der Waals surface area contributed by atoms with Crippen LogP contribution in [0, 0.1) is 11.3 Å². The molecule has 1 aromatic carbocycles. The fraction of sp³-hybridized carbons (Fsp3) is 0.650. The molecule has 2 aliphatic carbocycles. The molecule has 5 nitrogen and oxygen atoms in total. The Labute approximate surface area is 150 Å². The van der Waals surface area contributed by atoms with E-state index in [4.69, 9.17) is 15.2 Å².